The number of ether oxygens (including phenoxy) is 1. The summed E-state index contributed by atoms with van der Waals surface area (Å²) in [7, 11) is 1.55. The lowest BCUT2D eigenvalue weighted by Gasteiger charge is -2.13. The van der Waals surface area contributed by atoms with Crippen molar-refractivity contribution in [2.24, 2.45) is 0 Å². The Labute approximate surface area is 94.8 Å². The third-order valence-electron chi connectivity index (χ3n) is 2.16. The van der Waals surface area contributed by atoms with Gasteiger partial charge in [0.05, 0.1) is 0 Å². The molecule has 0 bridgehead atoms. The maximum absolute atomic E-state index is 11.4. The zero-order chi connectivity index (χ0) is 12.1. The van der Waals surface area contributed by atoms with E-state index >= 15 is 0 Å². The van der Waals surface area contributed by atoms with Crippen LogP contribution in [0.3, 0.4) is 0 Å². The van der Waals surface area contributed by atoms with Gasteiger partial charge in [-0.2, -0.15) is 0 Å². The normalized spacial score (nSPS) is 9.69. The third kappa shape index (κ3) is 3.73. The predicted octanol–water partition coefficient (Wildman–Crippen LogP) is 1.38. The van der Waals surface area contributed by atoms with E-state index in [4.69, 9.17) is 4.74 Å². The molecule has 0 N–H and O–H groups in total. The first-order valence-electron chi connectivity index (χ1n) is 4.98. The summed E-state index contributed by atoms with van der Waals surface area (Å²) in [5.41, 5.74) is 1.10. The Morgan fingerprint density at radius 1 is 1.25 bits per heavy atom. The SMILES string of the molecule is CC(=O)N(C)CC(=O)Oc1ccc(C)cc1. The number of carbonyl (C=O) groups excluding carboxylic acids is 2. The van der Waals surface area contributed by atoms with Crippen LogP contribution < -0.4 is 4.74 Å². The third-order valence-corrected chi connectivity index (χ3v) is 2.16. The maximum atomic E-state index is 11.4. The van der Waals surface area contributed by atoms with E-state index in [0.717, 1.165) is 5.56 Å². The van der Waals surface area contributed by atoms with Crippen molar-refractivity contribution in [1.29, 1.82) is 0 Å². The Bertz CT molecular complexity index is 384. The second-order valence-electron chi connectivity index (χ2n) is 3.66. The Morgan fingerprint density at radius 2 is 1.81 bits per heavy atom. The zero-order valence-corrected chi connectivity index (χ0v) is 9.69. The van der Waals surface area contributed by atoms with Crippen molar-refractivity contribution in [1.82, 2.24) is 4.90 Å². The molecule has 0 fully saturated rings. The van der Waals surface area contributed by atoms with Gasteiger partial charge in [0, 0.05) is 14.0 Å². The fourth-order valence-electron chi connectivity index (χ4n) is 1.08. The molecular weight excluding hydrogens is 206 g/mol. The van der Waals surface area contributed by atoms with Gasteiger partial charge in [0.15, 0.2) is 0 Å². The van der Waals surface area contributed by atoms with E-state index in [1.165, 1.54) is 11.8 Å². The Hall–Kier alpha value is -1.84. The van der Waals surface area contributed by atoms with Crippen molar-refractivity contribution >= 4 is 11.9 Å². The van der Waals surface area contributed by atoms with Gasteiger partial charge in [-0.05, 0) is 19.1 Å². The summed E-state index contributed by atoms with van der Waals surface area (Å²) in [5, 5.41) is 0. The van der Waals surface area contributed by atoms with Crippen LogP contribution in [0.5, 0.6) is 5.75 Å². The van der Waals surface area contributed by atoms with Crippen LogP contribution in [-0.4, -0.2) is 30.4 Å². The van der Waals surface area contributed by atoms with Gasteiger partial charge in [-0.1, -0.05) is 17.7 Å². The quantitative estimate of drug-likeness (QED) is 0.572. The van der Waals surface area contributed by atoms with Crippen molar-refractivity contribution in [3.8, 4) is 5.75 Å². The van der Waals surface area contributed by atoms with E-state index in [9.17, 15) is 9.59 Å². The molecule has 0 unspecified atom stereocenters. The molecule has 0 aliphatic heterocycles. The summed E-state index contributed by atoms with van der Waals surface area (Å²) >= 11 is 0. The lowest BCUT2D eigenvalue weighted by molar-refractivity contribution is -0.140. The highest BCUT2D eigenvalue weighted by molar-refractivity contribution is 5.81. The number of rotatable bonds is 3. The second kappa shape index (κ2) is 5.30. The molecule has 1 rings (SSSR count). The van der Waals surface area contributed by atoms with Gasteiger partial charge < -0.3 is 9.64 Å². The number of hydrogen-bond donors (Lipinski definition) is 0. The van der Waals surface area contributed by atoms with Crippen molar-refractivity contribution in [2.45, 2.75) is 13.8 Å². The molecule has 0 atom stereocenters. The molecule has 4 heteroatoms. The van der Waals surface area contributed by atoms with Crippen LogP contribution in [0.25, 0.3) is 0 Å². The summed E-state index contributed by atoms with van der Waals surface area (Å²) in [4.78, 5) is 23.6. The van der Waals surface area contributed by atoms with Crippen molar-refractivity contribution in [3.63, 3.8) is 0 Å². The molecule has 0 aliphatic rings. The molecular formula is C12H15NO3. The molecule has 0 aromatic heterocycles. The topological polar surface area (TPSA) is 46.6 Å². The summed E-state index contributed by atoms with van der Waals surface area (Å²) < 4.78 is 5.06. The average molecular weight is 221 g/mol. The van der Waals surface area contributed by atoms with Gasteiger partial charge in [0.25, 0.3) is 0 Å². The number of benzene rings is 1. The van der Waals surface area contributed by atoms with Crippen LogP contribution in [0.2, 0.25) is 0 Å². The van der Waals surface area contributed by atoms with Crippen LogP contribution in [0.1, 0.15) is 12.5 Å². The molecule has 0 saturated heterocycles. The Morgan fingerprint density at radius 3 is 2.31 bits per heavy atom. The summed E-state index contributed by atoms with van der Waals surface area (Å²) in [6, 6.07) is 7.16. The monoisotopic (exact) mass is 221 g/mol. The molecule has 0 aliphatic carbocycles. The summed E-state index contributed by atoms with van der Waals surface area (Å²) in [5.74, 6) is -0.116. The van der Waals surface area contributed by atoms with Gasteiger partial charge in [0.2, 0.25) is 5.91 Å². The largest absolute Gasteiger partial charge is 0.425 e. The van der Waals surface area contributed by atoms with Gasteiger partial charge in [-0.3, -0.25) is 4.79 Å². The van der Waals surface area contributed by atoms with Crippen molar-refractivity contribution in [3.05, 3.63) is 29.8 Å². The van der Waals surface area contributed by atoms with Gasteiger partial charge in [0.1, 0.15) is 12.3 Å². The number of esters is 1. The van der Waals surface area contributed by atoms with E-state index in [2.05, 4.69) is 0 Å². The molecule has 86 valence electrons. The fourth-order valence-corrected chi connectivity index (χ4v) is 1.08. The highest BCUT2D eigenvalue weighted by atomic mass is 16.5. The molecule has 16 heavy (non-hydrogen) atoms. The average Bonchev–Trinajstić information content (AvgIpc) is 2.21. The first-order chi connectivity index (χ1) is 7.49. The highest BCUT2D eigenvalue weighted by Crippen LogP contribution is 2.11. The summed E-state index contributed by atoms with van der Waals surface area (Å²) in [6.45, 7) is 3.32. The van der Waals surface area contributed by atoms with E-state index in [0.29, 0.717) is 5.75 Å². The van der Waals surface area contributed by atoms with Crippen LogP contribution >= 0.6 is 0 Å². The number of amides is 1. The lowest BCUT2D eigenvalue weighted by Crippen LogP contribution is -2.32. The molecule has 0 radical (unpaired) electrons. The summed E-state index contributed by atoms with van der Waals surface area (Å²) in [6.07, 6.45) is 0. The van der Waals surface area contributed by atoms with Crippen LogP contribution in [0, 0.1) is 6.92 Å². The lowest BCUT2D eigenvalue weighted by atomic mass is 10.2. The first-order valence-corrected chi connectivity index (χ1v) is 4.98. The van der Waals surface area contributed by atoms with E-state index in [1.54, 1.807) is 19.2 Å². The number of nitrogens with zero attached hydrogens (tertiary/aromatic N) is 1. The van der Waals surface area contributed by atoms with Gasteiger partial charge >= 0.3 is 5.97 Å². The number of carbonyl (C=O) groups is 2. The number of aryl methyl sites for hydroxylation is 1. The number of likely N-dealkylation sites (N-methyl/N-ethyl adjacent to an activating group) is 1. The molecule has 0 heterocycles. The van der Waals surface area contributed by atoms with Crippen LogP contribution in [0.4, 0.5) is 0 Å². The molecule has 0 spiro atoms. The van der Waals surface area contributed by atoms with Crippen LogP contribution in [-0.2, 0) is 9.59 Å². The standard InChI is InChI=1S/C12H15NO3/c1-9-4-6-11(7-5-9)16-12(15)8-13(3)10(2)14/h4-7H,8H2,1-3H3. The predicted molar refractivity (Wildman–Crippen MR) is 60.1 cm³/mol. The minimum atomic E-state index is -0.443. The van der Waals surface area contributed by atoms with Crippen molar-refractivity contribution in [2.75, 3.05) is 13.6 Å². The van der Waals surface area contributed by atoms with E-state index in [1.807, 2.05) is 19.1 Å². The molecule has 1 aromatic rings. The molecule has 1 aromatic carbocycles. The van der Waals surface area contributed by atoms with Gasteiger partial charge in [-0.15, -0.1) is 0 Å². The smallest absolute Gasteiger partial charge is 0.331 e. The van der Waals surface area contributed by atoms with E-state index in [-0.39, 0.29) is 12.5 Å². The van der Waals surface area contributed by atoms with Crippen LogP contribution in [0.15, 0.2) is 24.3 Å². The van der Waals surface area contributed by atoms with Crippen molar-refractivity contribution < 1.29 is 14.3 Å². The highest BCUT2D eigenvalue weighted by Gasteiger charge is 2.10. The minimum absolute atomic E-state index is 0.0385. The fraction of sp³-hybridized carbons (Fsp3) is 0.333. The second-order valence-corrected chi connectivity index (χ2v) is 3.66. The first kappa shape index (κ1) is 12.2. The zero-order valence-electron chi connectivity index (χ0n) is 9.69. The Balaban J connectivity index is 2.52. The Kier molecular flexibility index (Phi) is 4.05. The number of hydrogen-bond acceptors (Lipinski definition) is 3. The molecule has 4 nitrogen and oxygen atoms in total. The molecule has 1 amide bonds. The maximum Gasteiger partial charge on any atom is 0.331 e. The van der Waals surface area contributed by atoms with Gasteiger partial charge in [-0.25, -0.2) is 4.79 Å². The van der Waals surface area contributed by atoms with E-state index < -0.39 is 5.97 Å². The minimum Gasteiger partial charge on any atom is -0.425 e. The molecule has 0 saturated carbocycles.